The summed E-state index contributed by atoms with van der Waals surface area (Å²) in [6.45, 7) is 7.39. The van der Waals surface area contributed by atoms with Crippen molar-refractivity contribution in [2.24, 2.45) is 0 Å². The van der Waals surface area contributed by atoms with Crippen LogP contribution in [0.2, 0.25) is 0 Å². The van der Waals surface area contributed by atoms with Gasteiger partial charge in [-0.25, -0.2) is 0 Å². The highest BCUT2D eigenvalue weighted by atomic mass is 16.3. The van der Waals surface area contributed by atoms with Crippen LogP contribution in [0.3, 0.4) is 0 Å². The number of rotatable bonds is 11. The van der Waals surface area contributed by atoms with Crippen LogP contribution >= 0.6 is 0 Å². The zero-order chi connectivity index (χ0) is 25.3. The van der Waals surface area contributed by atoms with Crippen LogP contribution in [0.25, 0.3) is 0 Å². The van der Waals surface area contributed by atoms with Crippen LogP contribution in [-0.2, 0) is 12.8 Å². The van der Waals surface area contributed by atoms with Gasteiger partial charge in [0.05, 0.1) is 12.2 Å². The summed E-state index contributed by atoms with van der Waals surface area (Å²) in [7, 11) is 0. The zero-order valence-corrected chi connectivity index (χ0v) is 20.6. The number of hydrogen-bond acceptors (Lipinski definition) is 2. The fraction of sp³-hybridized carbons (Fsp3) is 0.176. The summed E-state index contributed by atoms with van der Waals surface area (Å²) in [5.74, 6) is 0.504. The van der Waals surface area contributed by atoms with Gasteiger partial charge < -0.3 is 10.2 Å². The lowest BCUT2D eigenvalue weighted by Gasteiger charge is -2.29. The lowest BCUT2D eigenvalue weighted by Crippen LogP contribution is -2.17. The van der Waals surface area contributed by atoms with Crippen molar-refractivity contribution in [2.45, 2.75) is 36.9 Å². The van der Waals surface area contributed by atoms with Crippen LogP contribution in [0.1, 0.15) is 57.4 Å². The summed E-state index contributed by atoms with van der Waals surface area (Å²) in [4.78, 5) is 0. The van der Waals surface area contributed by atoms with E-state index in [4.69, 9.17) is 0 Å². The molecule has 4 unspecified atom stereocenters. The van der Waals surface area contributed by atoms with Crippen molar-refractivity contribution in [3.63, 3.8) is 0 Å². The molecule has 182 valence electrons. The van der Waals surface area contributed by atoms with E-state index in [0.717, 1.165) is 24.0 Å². The second-order valence-electron chi connectivity index (χ2n) is 9.29. The first-order valence-corrected chi connectivity index (χ1v) is 12.5. The Bertz CT molecular complexity index is 1130. The van der Waals surface area contributed by atoms with E-state index in [1.54, 1.807) is 12.2 Å². The smallest absolute Gasteiger partial charge is 0.0969 e. The normalized spacial score (nSPS) is 14.4. The average Bonchev–Trinajstić information content (AvgIpc) is 2.95. The van der Waals surface area contributed by atoms with Gasteiger partial charge in [-0.3, -0.25) is 0 Å². The van der Waals surface area contributed by atoms with Crippen LogP contribution in [0.5, 0.6) is 0 Å². The number of hydrogen-bond donors (Lipinski definition) is 2. The topological polar surface area (TPSA) is 40.5 Å². The van der Waals surface area contributed by atoms with Crippen LogP contribution in [-0.4, -0.2) is 10.2 Å². The van der Waals surface area contributed by atoms with E-state index in [1.165, 1.54) is 22.3 Å². The van der Waals surface area contributed by atoms with Gasteiger partial charge in [-0.2, -0.15) is 0 Å². The number of aliphatic hydroxyl groups is 2. The lowest BCUT2D eigenvalue weighted by molar-refractivity contribution is 0.228. The minimum atomic E-state index is -0.649. The SMILES string of the molecule is C=CC(O)c1ccc(CC(c2ccccc2)C(Cc2ccc(C(O)C=C)cc2)c2ccccc2)cc1. The molecule has 0 heterocycles. The monoisotopic (exact) mass is 474 g/mol. The minimum absolute atomic E-state index is 0.252. The van der Waals surface area contributed by atoms with Gasteiger partial charge in [-0.1, -0.05) is 121 Å². The molecule has 0 radical (unpaired) electrons. The van der Waals surface area contributed by atoms with Crippen molar-refractivity contribution in [3.8, 4) is 0 Å². The molecule has 4 atom stereocenters. The minimum Gasteiger partial charge on any atom is -0.384 e. The molecule has 2 N–H and O–H groups in total. The molecule has 0 saturated carbocycles. The Morgan fingerprint density at radius 1 is 0.472 bits per heavy atom. The Balaban J connectivity index is 1.70. The predicted octanol–water partition coefficient (Wildman–Crippen LogP) is 7.48. The average molecular weight is 475 g/mol. The summed E-state index contributed by atoms with van der Waals surface area (Å²) in [6.07, 6.45) is 3.55. The molecule has 0 spiro atoms. The molecule has 4 aromatic carbocycles. The van der Waals surface area contributed by atoms with Crippen LogP contribution in [0.15, 0.2) is 135 Å². The van der Waals surface area contributed by atoms with Gasteiger partial charge in [0.1, 0.15) is 0 Å². The van der Waals surface area contributed by atoms with E-state index in [2.05, 4.69) is 98.1 Å². The molecule has 36 heavy (non-hydrogen) atoms. The maximum atomic E-state index is 10.1. The van der Waals surface area contributed by atoms with Crippen molar-refractivity contribution < 1.29 is 10.2 Å². The third-order valence-electron chi connectivity index (χ3n) is 6.94. The highest BCUT2D eigenvalue weighted by molar-refractivity contribution is 5.35. The lowest BCUT2D eigenvalue weighted by atomic mass is 9.75. The van der Waals surface area contributed by atoms with E-state index in [-0.39, 0.29) is 11.8 Å². The van der Waals surface area contributed by atoms with Gasteiger partial charge >= 0.3 is 0 Å². The molecule has 0 saturated heterocycles. The Morgan fingerprint density at radius 3 is 1.11 bits per heavy atom. The molecular weight excluding hydrogens is 440 g/mol. The quantitative estimate of drug-likeness (QED) is 0.221. The van der Waals surface area contributed by atoms with Crippen molar-refractivity contribution in [1.29, 1.82) is 0 Å². The number of benzene rings is 4. The molecule has 2 heteroatoms. The molecule has 4 aromatic rings. The molecule has 0 amide bonds. The Hall–Kier alpha value is -3.72. The van der Waals surface area contributed by atoms with Crippen molar-refractivity contribution in [3.05, 3.63) is 168 Å². The van der Waals surface area contributed by atoms with E-state index >= 15 is 0 Å². The van der Waals surface area contributed by atoms with Crippen LogP contribution in [0.4, 0.5) is 0 Å². The van der Waals surface area contributed by atoms with E-state index in [9.17, 15) is 10.2 Å². The maximum absolute atomic E-state index is 10.1. The first kappa shape index (κ1) is 25.4. The first-order valence-electron chi connectivity index (χ1n) is 12.5. The third kappa shape index (κ3) is 6.28. The summed E-state index contributed by atoms with van der Waals surface area (Å²) in [5, 5.41) is 20.2. The van der Waals surface area contributed by atoms with Crippen molar-refractivity contribution in [2.75, 3.05) is 0 Å². The van der Waals surface area contributed by atoms with Gasteiger partial charge in [0, 0.05) is 0 Å². The maximum Gasteiger partial charge on any atom is 0.0969 e. The molecular formula is C34H34O2. The first-order chi connectivity index (χ1) is 17.6. The van der Waals surface area contributed by atoms with Gasteiger partial charge in [-0.15, -0.1) is 13.2 Å². The van der Waals surface area contributed by atoms with E-state index in [1.807, 2.05) is 24.3 Å². The molecule has 0 bridgehead atoms. The van der Waals surface area contributed by atoms with Gasteiger partial charge in [0.15, 0.2) is 0 Å². The second kappa shape index (κ2) is 12.3. The zero-order valence-electron chi connectivity index (χ0n) is 20.6. The fourth-order valence-corrected chi connectivity index (χ4v) is 4.87. The summed E-state index contributed by atoms with van der Waals surface area (Å²) >= 11 is 0. The number of aliphatic hydroxyl groups excluding tert-OH is 2. The van der Waals surface area contributed by atoms with Crippen molar-refractivity contribution in [1.82, 2.24) is 0 Å². The van der Waals surface area contributed by atoms with Crippen LogP contribution in [0, 0.1) is 0 Å². The van der Waals surface area contributed by atoms with E-state index in [0.29, 0.717) is 0 Å². The predicted molar refractivity (Wildman–Crippen MR) is 149 cm³/mol. The summed E-state index contributed by atoms with van der Waals surface area (Å²) < 4.78 is 0. The molecule has 0 aliphatic heterocycles. The van der Waals surface area contributed by atoms with Crippen molar-refractivity contribution >= 4 is 0 Å². The van der Waals surface area contributed by atoms with Gasteiger partial charge in [-0.05, 0) is 58.1 Å². The molecule has 2 nitrogen and oxygen atoms in total. The Kier molecular flexibility index (Phi) is 8.67. The van der Waals surface area contributed by atoms with Gasteiger partial charge in [0.25, 0.3) is 0 Å². The summed E-state index contributed by atoms with van der Waals surface area (Å²) in [6, 6.07) is 37.9. The molecule has 0 fully saturated rings. The molecule has 0 aliphatic rings. The van der Waals surface area contributed by atoms with E-state index < -0.39 is 12.2 Å². The molecule has 0 aliphatic carbocycles. The van der Waals surface area contributed by atoms with Crippen LogP contribution < -0.4 is 0 Å². The highest BCUT2D eigenvalue weighted by Gasteiger charge is 2.26. The molecule has 4 rings (SSSR count). The van der Waals surface area contributed by atoms with Gasteiger partial charge in [0.2, 0.25) is 0 Å². The third-order valence-corrected chi connectivity index (χ3v) is 6.94. The fourth-order valence-electron chi connectivity index (χ4n) is 4.87. The largest absolute Gasteiger partial charge is 0.384 e. The Labute approximate surface area is 214 Å². The Morgan fingerprint density at radius 2 is 0.806 bits per heavy atom. The summed E-state index contributed by atoms with van der Waals surface area (Å²) in [5.41, 5.74) is 6.78. The standard InChI is InChI=1S/C34H34O2/c1-3-33(35)29-19-15-25(16-20-29)23-31(27-11-7-5-8-12-27)32(28-13-9-6-10-14-28)24-26-17-21-30(22-18-26)34(36)4-2/h3-22,31-36H,1-2,23-24H2. The molecule has 0 aromatic heterocycles. The highest BCUT2D eigenvalue weighted by Crippen LogP contribution is 2.38. The second-order valence-corrected chi connectivity index (χ2v) is 9.29.